The molecule has 0 saturated heterocycles. The van der Waals surface area contributed by atoms with E-state index in [1.165, 1.54) is 44.9 Å². The van der Waals surface area contributed by atoms with Gasteiger partial charge >= 0.3 is 23.1 Å². The van der Waals surface area contributed by atoms with Crippen LogP contribution in [0.25, 0.3) is 0 Å². The van der Waals surface area contributed by atoms with Gasteiger partial charge in [0.15, 0.2) is 11.0 Å². The van der Waals surface area contributed by atoms with E-state index in [-0.39, 0.29) is 24.1 Å². The van der Waals surface area contributed by atoms with Crippen LogP contribution in [0.1, 0.15) is 77.0 Å². The molecule has 6 unspecified atom stereocenters. The standard InChI is InChI=1S/C13H23OS.C12H13ClF6O5S/c1-15(11-7-3-2-4-8-11)13-10-6-5-9-12(13)14;13-4-7-2-6-1-5(7)3-8(6)24-9(20)10(11(14,15)16,12(17,18)19)25(21,22)23/h11,13H,2-10H2,1H3;5-8H,1-4H2,(H,21,22,23)/q+1;/p-1. The zero-order valence-electron chi connectivity index (χ0n) is 22.1. The van der Waals surface area contributed by atoms with E-state index in [2.05, 4.69) is 11.0 Å². The van der Waals surface area contributed by atoms with E-state index in [0.29, 0.717) is 34.8 Å². The topological polar surface area (TPSA) is 101 Å². The third kappa shape index (κ3) is 6.74. The van der Waals surface area contributed by atoms with Crippen molar-refractivity contribution in [3.8, 4) is 0 Å². The van der Waals surface area contributed by atoms with E-state index in [1.54, 1.807) is 0 Å². The Morgan fingerprint density at radius 1 is 0.950 bits per heavy atom. The zero-order chi connectivity index (χ0) is 30.1. The van der Waals surface area contributed by atoms with Crippen molar-refractivity contribution in [3.63, 3.8) is 0 Å². The van der Waals surface area contributed by atoms with Gasteiger partial charge < -0.3 is 9.29 Å². The highest BCUT2D eigenvalue weighted by Crippen LogP contribution is 2.53. The van der Waals surface area contributed by atoms with Crippen LogP contribution < -0.4 is 0 Å². The van der Waals surface area contributed by atoms with Crippen molar-refractivity contribution in [2.24, 2.45) is 17.8 Å². The Balaban J connectivity index is 0.000000249. The molecule has 0 aliphatic heterocycles. The summed E-state index contributed by atoms with van der Waals surface area (Å²) < 4.78 is 109. The number of carbonyl (C=O) groups is 2. The first-order valence-corrected chi connectivity index (χ1v) is 17.2. The van der Waals surface area contributed by atoms with Gasteiger partial charge in [0, 0.05) is 18.7 Å². The van der Waals surface area contributed by atoms with Crippen LogP contribution in [0.5, 0.6) is 0 Å². The maximum atomic E-state index is 13.0. The fraction of sp³-hybridized carbons (Fsp3) is 0.920. The summed E-state index contributed by atoms with van der Waals surface area (Å²) in [5, 5.41) is 1.33. The molecule has 4 saturated carbocycles. The fourth-order valence-corrected chi connectivity index (χ4v) is 10.5. The minimum absolute atomic E-state index is 0.000140. The first kappa shape index (κ1) is 33.8. The summed E-state index contributed by atoms with van der Waals surface area (Å²) in [6, 6.07) is 0. The predicted octanol–water partition coefficient (Wildman–Crippen LogP) is 5.67. The summed E-state index contributed by atoms with van der Waals surface area (Å²) in [6.45, 7) is 0. The highest BCUT2D eigenvalue weighted by Gasteiger charge is 2.82. The predicted molar refractivity (Wildman–Crippen MR) is 137 cm³/mol. The number of ketones is 1. The van der Waals surface area contributed by atoms with E-state index >= 15 is 0 Å². The summed E-state index contributed by atoms with van der Waals surface area (Å²) in [5.74, 6) is -2.99. The molecule has 40 heavy (non-hydrogen) atoms. The van der Waals surface area contributed by atoms with Crippen LogP contribution >= 0.6 is 11.6 Å². The molecule has 4 fully saturated rings. The van der Waals surface area contributed by atoms with Crippen LogP contribution in [-0.2, 0) is 35.3 Å². The number of hydrogen-bond acceptors (Lipinski definition) is 6. The molecule has 0 aromatic carbocycles. The molecule has 15 heteroatoms. The average Bonchev–Trinajstić information content (AvgIpc) is 3.42. The third-order valence-electron chi connectivity index (χ3n) is 8.88. The van der Waals surface area contributed by atoms with Gasteiger partial charge in [0.2, 0.25) is 0 Å². The van der Waals surface area contributed by atoms with Gasteiger partial charge in [-0.25, -0.2) is 13.2 Å². The molecule has 6 nitrogen and oxygen atoms in total. The Morgan fingerprint density at radius 3 is 1.98 bits per heavy atom. The summed E-state index contributed by atoms with van der Waals surface area (Å²) in [7, 11) is -6.83. The number of alkyl halides is 7. The van der Waals surface area contributed by atoms with Crippen LogP contribution in [-0.4, -0.2) is 70.6 Å². The normalized spacial score (nSPS) is 30.9. The van der Waals surface area contributed by atoms with E-state index in [1.807, 2.05) is 0 Å². The number of carbonyl (C=O) groups excluding carboxylic acids is 2. The molecule has 4 aliphatic rings. The Morgan fingerprint density at radius 2 is 1.52 bits per heavy atom. The van der Waals surface area contributed by atoms with Crippen molar-refractivity contribution in [1.29, 1.82) is 0 Å². The lowest BCUT2D eigenvalue weighted by Crippen LogP contribution is -2.67. The van der Waals surface area contributed by atoms with Gasteiger partial charge in [-0.1, -0.05) is 6.42 Å². The second kappa shape index (κ2) is 12.9. The molecule has 0 radical (unpaired) electrons. The van der Waals surface area contributed by atoms with Crippen molar-refractivity contribution in [2.75, 3.05) is 12.1 Å². The van der Waals surface area contributed by atoms with Crippen molar-refractivity contribution >= 4 is 44.4 Å². The van der Waals surface area contributed by atoms with Crippen LogP contribution in [0.2, 0.25) is 0 Å². The second-order valence-corrected chi connectivity index (χ2v) is 15.6. The monoisotopic (exact) mass is 644 g/mol. The lowest BCUT2D eigenvalue weighted by atomic mass is 9.88. The molecule has 0 amide bonds. The number of halogens is 7. The zero-order valence-corrected chi connectivity index (χ0v) is 24.5. The first-order chi connectivity index (χ1) is 18.5. The highest BCUT2D eigenvalue weighted by atomic mass is 35.5. The first-order valence-electron chi connectivity index (χ1n) is 13.5. The highest BCUT2D eigenvalue weighted by molar-refractivity contribution is 7.98. The molecule has 4 aliphatic carbocycles. The summed E-state index contributed by atoms with van der Waals surface area (Å²) >= 11 is 5.68. The summed E-state index contributed by atoms with van der Waals surface area (Å²) in [5.41, 5.74) is 0. The number of Topliss-reactive ketones (excluding diaryl/α,β-unsaturated/α-hetero) is 1. The van der Waals surface area contributed by atoms with Gasteiger partial charge in [0.25, 0.3) is 0 Å². The van der Waals surface area contributed by atoms with Crippen molar-refractivity contribution < 1.29 is 53.6 Å². The Bertz CT molecular complexity index is 1000. The van der Waals surface area contributed by atoms with Crippen LogP contribution in [0, 0.1) is 17.8 Å². The van der Waals surface area contributed by atoms with Gasteiger partial charge in [-0.3, -0.25) is 4.79 Å². The Labute approximate surface area is 238 Å². The van der Waals surface area contributed by atoms with E-state index in [9.17, 15) is 48.9 Å². The smallest absolute Gasteiger partial charge is 0.426 e. The van der Waals surface area contributed by atoms with Crippen LogP contribution in [0.4, 0.5) is 26.3 Å². The fourth-order valence-electron chi connectivity index (χ4n) is 6.69. The summed E-state index contributed by atoms with van der Waals surface area (Å²) in [6.07, 6.45) is -0.179. The van der Waals surface area contributed by atoms with E-state index in [4.69, 9.17) is 11.6 Å². The lowest BCUT2D eigenvalue weighted by Gasteiger charge is -2.38. The van der Waals surface area contributed by atoms with Gasteiger partial charge in [0.1, 0.15) is 21.5 Å². The number of hydrogen-bond donors (Lipinski definition) is 0. The van der Waals surface area contributed by atoms with Gasteiger partial charge in [-0.15, -0.1) is 11.6 Å². The number of esters is 1. The van der Waals surface area contributed by atoms with E-state index < -0.39 is 45.2 Å². The van der Waals surface area contributed by atoms with Gasteiger partial charge in [0.05, 0.1) is 6.26 Å². The molecule has 0 aromatic heterocycles. The molecular weight excluding hydrogens is 610 g/mol. The number of ether oxygens (including phenoxy) is 1. The number of fused-ring (bicyclic) bond motifs is 2. The molecule has 0 heterocycles. The molecule has 0 spiro atoms. The largest absolute Gasteiger partial charge is 0.747 e. The number of rotatable bonds is 6. The quantitative estimate of drug-likeness (QED) is 0.121. The molecule has 0 N–H and O–H groups in total. The minimum Gasteiger partial charge on any atom is -0.747 e. The van der Waals surface area contributed by atoms with Gasteiger partial charge in [-0.05, 0) is 86.4 Å². The maximum Gasteiger partial charge on any atom is 0.426 e. The molecule has 2 bridgehead atoms. The average molecular weight is 645 g/mol. The van der Waals surface area contributed by atoms with E-state index in [0.717, 1.165) is 18.1 Å². The Kier molecular flexibility index (Phi) is 10.9. The molecule has 232 valence electrons. The molecule has 6 atom stereocenters. The second-order valence-electron chi connectivity index (χ2n) is 11.3. The third-order valence-corrected chi connectivity index (χ3v) is 13.6. The molecular formula is C25H35ClF6O6S2. The van der Waals surface area contributed by atoms with Crippen molar-refractivity contribution in [3.05, 3.63) is 0 Å². The van der Waals surface area contributed by atoms with Crippen molar-refractivity contribution in [2.45, 2.75) is 111 Å². The van der Waals surface area contributed by atoms with Crippen LogP contribution in [0.15, 0.2) is 0 Å². The maximum absolute atomic E-state index is 13.0. The SMILES string of the molecule is C[S+](C1CCCCC1)C1CCCCC1=O.O=C(OC1CC2CC1CC2CCl)C(C(F)(F)F)(C(F)(F)F)S(=O)(=O)[O-]. The van der Waals surface area contributed by atoms with Gasteiger partial charge in [-0.2, -0.15) is 26.3 Å². The minimum atomic E-state index is -7.21. The summed E-state index contributed by atoms with van der Waals surface area (Å²) in [4.78, 5) is 23.6. The molecule has 0 aromatic rings. The molecule has 4 rings (SSSR count). The van der Waals surface area contributed by atoms with Crippen LogP contribution in [0.3, 0.4) is 0 Å². The lowest BCUT2D eigenvalue weighted by molar-refractivity contribution is -0.270. The Hall–Kier alpha value is -0.730. The van der Waals surface area contributed by atoms with Crippen molar-refractivity contribution in [1.82, 2.24) is 0 Å².